The number of anilines is 1. The second-order valence-electron chi connectivity index (χ2n) is 7.59. The van der Waals surface area contributed by atoms with Gasteiger partial charge in [0.15, 0.2) is 15.6 Å². The lowest BCUT2D eigenvalue weighted by Gasteiger charge is -2.36. The molecule has 2 aromatic carbocycles. The van der Waals surface area contributed by atoms with Crippen molar-refractivity contribution in [1.82, 2.24) is 10.2 Å². The van der Waals surface area contributed by atoms with Crippen LogP contribution in [0.4, 0.5) is 10.5 Å². The maximum absolute atomic E-state index is 12.6. The van der Waals surface area contributed by atoms with E-state index in [9.17, 15) is 18.0 Å². The van der Waals surface area contributed by atoms with E-state index in [0.717, 1.165) is 11.3 Å². The lowest BCUT2D eigenvalue weighted by Crippen LogP contribution is -2.52. The molecule has 1 N–H and O–H groups in total. The van der Waals surface area contributed by atoms with Gasteiger partial charge >= 0.3 is 6.03 Å². The molecule has 30 heavy (non-hydrogen) atoms. The van der Waals surface area contributed by atoms with E-state index < -0.39 is 9.84 Å². The maximum atomic E-state index is 12.6. The minimum absolute atomic E-state index is 0.0446. The number of hydrogen-bond acceptors (Lipinski definition) is 5. The Labute approximate surface area is 177 Å². The zero-order valence-electron chi connectivity index (χ0n) is 17.5. The van der Waals surface area contributed by atoms with Crippen LogP contribution in [-0.4, -0.2) is 57.6 Å². The molecule has 0 aromatic heterocycles. The van der Waals surface area contributed by atoms with E-state index in [2.05, 4.69) is 10.2 Å². The summed E-state index contributed by atoms with van der Waals surface area (Å²) in [5.41, 5.74) is 2.58. The Hall–Kier alpha value is -2.87. The number of sulfone groups is 1. The monoisotopic (exact) mass is 429 g/mol. The van der Waals surface area contributed by atoms with E-state index in [0.29, 0.717) is 31.7 Å². The highest BCUT2D eigenvalue weighted by molar-refractivity contribution is 7.90. The number of hydrogen-bond donors (Lipinski definition) is 1. The predicted molar refractivity (Wildman–Crippen MR) is 117 cm³/mol. The van der Waals surface area contributed by atoms with Gasteiger partial charge in [0, 0.05) is 43.7 Å². The average molecular weight is 430 g/mol. The largest absolute Gasteiger partial charge is 0.368 e. The van der Waals surface area contributed by atoms with Gasteiger partial charge < -0.3 is 15.1 Å². The van der Waals surface area contributed by atoms with Gasteiger partial charge in [-0.25, -0.2) is 13.2 Å². The smallest absolute Gasteiger partial charge is 0.317 e. The summed E-state index contributed by atoms with van der Waals surface area (Å²) in [5.74, 6) is 0.0446. The average Bonchev–Trinajstić information content (AvgIpc) is 2.73. The summed E-state index contributed by atoms with van der Waals surface area (Å²) in [6.07, 6.45) is 1.17. The third-order valence-electron chi connectivity index (χ3n) is 5.35. The molecule has 160 valence electrons. The molecule has 3 rings (SSSR count). The molecule has 2 aromatic rings. The van der Waals surface area contributed by atoms with Gasteiger partial charge in [-0.15, -0.1) is 0 Å². The molecule has 1 saturated heterocycles. The van der Waals surface area contributed by atoms with Gasteiger partial charge in [-0.2, -0.15) is 0 Å². The number of rotatable bonds is 5. The van der Waals surface area contributed by atoms with Crippen LogP contribution in [0.2, 0.25) is 0 Å². The SMILES string of the molecule is CC(=O)c1ccc(N2CCN(C(=O)NC(C)c3ccc(S(C)(=O)=O)cc3)CC2)cc1. The maximum Gasteiger partial charge on any atom is 0.317 e. The molecule has 1 unspecified atom stereocenters. The number of nitrogens with zero attached hydrogens (tertiary/aromatic N) is 2. The Bertz CT molecular complexity index is 1010. The number of ketones is 1. The van der Waals surface area contributed by atoms with Crippen LogP contribution in [0.1, 0.15) is 35.8 Å². The van der Waals surface area contributed by atoms with Crippen molar-refractivity contribution in [2.24, 2.45) is 0 Å². The number of piperazine rings is 1. The number of nitrogens with one attached hydrogen (secondary N) is 1. The number of carbonyl (C=O) groups is 2. The number of carbonyl (C=O) groups excluding carboxylic acids is 2. The van der Waals surface area contributed by atoms with E-state index in [1.807, 2.05) is 31.2 Å². The second kappa shape index (κ2) is 8.87. The Morgan fingerprint density at radius 3 is 2.00 bits per heavy atom. The van der Waals surface area contributed by atoms with Crippen molar-refractivity contribution in [3.63, 3.8) is 0 Å². The highest BCUT2D eigenvalue weighted by Gasteiger charge is 2.23. The van der Waals surface area contributed by atoms with E-state index in [4.69, 9.17) is 0 Å². The fourth-order valence-electron chi connectivity index (χ4n) is 3.44. The molecule has 1 atom stereocenters. The van der Waals surface area contributed by atoms with Gasteiger partial charge in [0.05, 0.1) is 10.9 Å². The highest BCUT2D eigenvalue weighted by Crippen LogP contribution is 2.19. The summed E-state index contributed by atoms with van der Waals surface area (Å²) in [6, 6.07) is 13.7. The van der Waals surface area contributed by atoms with Crippen molar-refractivity contribution in [2.45, 2.75) is 24.8 Å². The van der Waals surface area contributed by atoms with Crippen LogP contribution in [0.25, 0.3) is 0 Å². The van der Waals surface area contributed by atoms with Crippen molar-refractivity contribution in [3.8, 4) is 0 Å². The first-order valence-electron chi connectivity index (χ1n) is 9.86. The Balaban J connectivity index is 1.54. The molecule has 0 saturated carbocycles. The molecule has 1 aliphatic rings. The molecular formula is C22H27N3O4S. The van der Waals surface area contributed by atoms with Crippen LogP contribution in [0.15, 0.2) is 53.4 Å². The van der Waals surface area contributed by atoms with Crippen molar-refractivity contribution in [1.29, 1.82) is 0 Å². The highest BCUT2D eigenvalue weighted by atomic mass is 32.2. The van der Waals surface area contributed by atoms with Crippen LogP contribution in [-0.2, 0) is 9.84 Å². The summed E-state index contributed by atoms with van der Waals surface area (Å²) in [7, 11) is -3.24. The lowest BCUT2D eigenvalue weighted by atomic mass is 10.1. The van der Waals surface area contributed by atoms with E-state index in [1.165, 1.54) is 6.26 Å². The van der Waals surface area contributed by atoms with Gasteiger partial charge in [-0.05, 0) is 55.8 Å². The summed E-state index contributed by atoms with van der Waals surface area (Å²) in [4.78, 5) is 28.3. The molecule has 2 amide bonds. The molecule has 1 heterocycles. The Kier molecular flexibility index (Phi) is 6.45. The molecule has 8 heteroatoms. The topological polar surface area (TPSA) is 86.8 Å². The summed E-state index contributed by atoms with van der Waals surface area (Å²) in [6.45, 7) is 6.04. The van der Waals surface area contributed by atoms with Crippen molar-refractivity contribution in [2.75, 3.05) is 37.3 Å². The van der Waals surface area contributed by atoms with Crippen LogP contribution in [0.5, 0.6) is 0 Å². The zero-order chi connectivity index (χ0) is 21.9. The predicted octanol–water partition coefficient (Wildman–Crippen LogP) is 2.89. The van der Waals surface area contributed by atoms with Gasteiger partial charge in [-0.3, -0.25) is 4.79 Å². The molecular weight excluding hydrogens is 402 g/mol. The van der Waals surface area contributed by atoms with Gasteiger partial charge in [0.25, 0.3) is 0 Å². The third kappa shape index (κ3) is 5.18. The molecule has 1 aliphatic heterocycles. The Morgan fingerprint density at radius 2 is 1.50 bits per heavy atom. The lowest BCUT2D eigenvalue weighted by molar-refractivity contribution is 0.101. The molecule has 0 bridgehead atoms. The quantitative estimate of drug-likeness (QED) is 0.739. The van der Waals surface area contributed by atoms with Crippen molar-refractivity contribution >= 4 is 27.3 Å². The van der Waals surface area contributed by atoms with Crippen LogP contribution < -0.4 is 10.2 Å². The van der Waals surface area contributed by atoms with Crippen LogP contribution in [0.3, 0.4) is 0 Å². The first kappa shape index (κ1) is 21.8. The molecule has 0 spiro atoms. The van der Waals surface area contributed by atoms with Gasteiger partial charge in [0.2, 0.25) is 0 Å². The molecule has 7 nitrogen and oxygen atoms in total. The number of benzene rings is 2. The fourth-order valence-corrected chi connectivity index (χ4v) is 4.07. The Morgan fingerprint density at radius 1 is 0.933 bits per heavy atom. The minimum Gasteiger partial charge on any atom is -0.368 e. The van der Waals surface area contributed by atoms with Crippen molar-refractivity contribution in [3.05, 3.63) is 59.7 Å². The van der Waals surface area contributed by atoms with E-state index in [1.54, 1.807) is 36.1 Å². The van der Waals surface area contributed by atoms with Gasteiger partial charge in [-0.1, -0.05) is 12.1 Å². The standard InChI is InChI=1S/C22H27N3O4S/c1-16(18-6-10-21(11-7-18)30(3,28)29)23-22(27)25-14-12-24(13-15-25)20-8-4-19(5-9-20)17(2)26/h4-11,16H,12-15H2,1-3H3,(H,23,27). The van der Waals surface area contributed by atoms with Crippen molar-refractivity contribution < 1.29 is 18.0 Å². The number of Topliss-reactive ketones (excluding diaryl/α,β-unsaturated/α-hetero) is 1. The van der Waals surface area contributed by atoms with Gasteiger partial charge in [0.1, 0.15) is 0 Å². The second-order valence-corrected chi connectivity index (χ2v) is 9.61. The first-order chi connectivity index (χ1) is 14.1. The zero-order valence-corrected chi connectivity index (χ0v) is 18.3. The number of amides is 2. The molecule has 0 aliphatic carbocycles. The summed E-state index contributed by atoms with van der Waals surface area (Å²) in [5, 5.41) is 2.98. The summed E-state index contributed by atoms with van der Waals surface area (Å²) >= 11 is 0. The normalized spacial score (nSPS) is 15.6. The first-order valence-corrected chi connectivity index (χ1v) is 11.8. The van der Waals surface area contributed by atoms with E-state index in [-0.39, 0.29) is 22.8 Å². The van der Waals surface area contributed by atoms with E-state index >= 15 is 0 Å². The molecule has 1 fully saturated rings. The third-order valence-corrected chi connectivity index (χ3v) is 6.48. The minimum atomic E-state index is -3.24. The van der Waals surface area contributed by atoms with Crippen LogP contribution >= 0.6 is 0 Å². The molecule has 0 radical (unpaired) electrons. The number of urea groups is 1. The fraction of sp³-hybridized carbons (Fsp3) is 0.364. The summed E-state index contributed by atoms with van der Waals surface area (Å²) < 4.78 is 23.2. The van der Waals surface area contributed by atoms with Crippen LogP contribution in [0, 0.1) is 0 Å².